The van der Waals surface area contributed by atoms with Gasteiger partial charge in [-0.1, -0.05) is 18.2 Å². The van der Waals surface area contributed by atoms with Gasteiger partial charge in [-0.05, 0) is 37.3 Å². The van der Waals surface area contributed by atoms with Crippen LogP contribution in [0.5, 0.6) is 0 Å². The Kier molecular flexibility index (Phi) is 2.40. The molecule has 1 aliphatic rings. The molecule has 1 aliphatic carbocycles. The third-order valence-corrected chi connectivity index (χ3v) is 5.23. The first-order valence-electron chi connectivity index (χ1n) is 8.16. The molecule has 2 nitrogen and oxygen atoms in total. The van der Waals surface area contributed by atoms with E-state index >= 15 is 0 Å². The van der Waals surface area contributed by atoms with Crippen molar-refractivity contribution in [3.63, 3.8) is 0 Å². The highest BCUT2D eigenvalue weighted by atomic mass is 15.0. The van der Waals surface area contributed by atoms with Crippen LogP contribution in [0.15, 0.2) is 48.8 Å². The number of para-hydroxylation sites is 1. The summed E-state index contributed by atoms with van der Waals surface area (Å²) < 4.78 is 4.65. The maximum absolute atomic E-state index is 2.43. The molecule has 0 atom stereocenters. The third kappa shape index (κ3) is 1.52. The second-order valence-electron chi connectivity index (χ2n) is 6.48. The summed E-state index contributed by atoms with van der Waals surface area (Å²) in [5.41, 5.74) is 7.06. The Morgan fingerprint density at radius 2 is 1.77 bits per heavy atom. The first-order chi connectivity index (χ1) is 10.8. The van der Waals surface area contributed by atoms with E-state index < -0.39 is 0 Å². The van der Waals surface area contributed by atoms with Crippen LogP contribution in [0.25, 0.3) is 27.3 Å². The molecule has 5 rings (SSSR count). The zero-order valence-electron chi connectivity index (χ0n) is 12.8. The van der Waals surface area contributed by atoms with Crippen molar-refractivity contribution in [3.05, 3.63) is 59.9 Å². The van der Waals surface area contributed by atoms with Gasteiger partial charge in [0, 0.05) is 41.0 Å². The first kappa shape index (κ1) is 12.2. The number of aromatic nitrogens is 2. The molecule has 0 saturated carbocycles. The fourth-order valence-electron chi connectivity index (χ4n) is 4.11. The van der Waals surface area contributed by atoms with E-state index in [1.165, 1.54) is 58.6 Å². The molecule has 0 spiro atoms. The van der Waals surface area contributed by atoms with Gasteiger partial charge in [-0.3, -0.25) is 0 Å². The van der Waals surface area contributed by atoms with Crippen LogP contribution in [0.4, 0.5) is 0 Å². The molecule has 3 aromatic heterocycles. The van der Waals surface area contributed by atoms with Gasteiger partial charge in [-0.2, -0.15) is 4.40 Å². The number of aryl methyl sites for hydroxylation is 3. The highest BCUT2D eigenvalue weighted by Gasteiger charge is 2.19. The summed E-state index contributed by atoms with van der Waals surface area (Å²) >= 11 is 0. The van der Waals surface area contributed by atoms with E-state index in [0.717, 1.165) is 0 Å². The highest BCUT2D eigenvalue weighted by Crippen LogP contribution is 2.30. The van der Waals surface area contributed by atoms with E-state index in [1.807, 2.05) is 0 Å². The maximum atomic E-state index is 2.43. The lowest BCUT2D eigenvalue weighted by Crippen LogP contribution is -2.24. The second kappa shape index (κ2) is 4.33. The van der Waals surface area contributed by atoms with Gasteiger partial charge in [0.2, 0.25) is 5.52 Å². The molecule has 2 heteroatoms. The minimum absolute atomic E-state index is 1.23. The molecule has 0 aliphatic heterocycles. The molecule has 4 aromatic rings. The van der Waals surface area contributed by atoms with E-state index in [0.29, 0.717) is 0 Å². The Balaban J connectivity index is 1.98. The molecule has 0 radical (unpaired) electrons. The maximum Gasteiger partial charge on any atom is 0.235 e. The Labute approximate surface area is 129 Å². The Bertz CT molecular complexity index is 1040. The summed E-state index contributed by atoms with van der Waals surface area (Å²) in [6, 6.07) is 13.4. The van der Waals surface area contributed by atoms with Gasteiger partial charge in [-0.15, -0.1) is 0 Å². The number of pyridine rings is 2. The van der Waals surface area contributed by atoms with Crippen molar-refractivity contribution in [3.8, 4) is 0 Å². The molecule has 0 amide bonds. The number of rotatable bonds is 0. The molecule has 0 N–H and O–H groups in total. The average molecular weight is 287 g/mol. The standard InChI is InChI=1S/C20H19N2/c1-21-18-9-5-4-8-16(18)17-10-11-22-13-15-7-3-2-6-14(15)12-19(22)20(17)21/h4-5,8-13H,2-3,6-7H2,1H3/q+1. The quantitative estimate of drug-likeness (QED) is 0.433. The SMILES string of the molecule is Cn1c2ccccc2c2cc[n+]3cc4c(cc3c21)CCCC4. The number of hydrogen-bond acceptors (Lipinski definition) is 0. The summed E-state index contributed by atoms with van der Waals surface area (Å²) in [5.74, 6) is 0. The summed E-state index contributed by atoms with van der Waals surface area (Å²) in [6.07, 6.45) is 9.68. The lowest BCUT2D eigenvalue weighted by atomic mass is 9.93. The van der Waals surface area contributed by atoms with E-state index in [2.05, 4.69) is 64.8 Å². The van der Waals surface area contributed by atoms with Crippen LogP contribution in [0.3, 0.4) is 0 Å². The topological polar surface area (TPSA) is 9.03 Å². The van der Waals surface area contributed by atoms with Gasteiger partial charge in [0.1, 0.15) is 5.52 Å². The summed E-state index contributed by atoms with van der Waals surface area (Å²) in [6.45, 7) is 0. The number of fused-ring (bicyclic) bond motifs is 6. The Hall–Kier alpha value is -2.35. The molecule has 0 bridgehead atoms. The highest BCUT2D eigenvalue weighted by molar-refractivity contribution is 6.11. The molecular weight excluding hydrogens is 268 g/mol. The Morgan fingerprint density at radius 3 is 2.68 bits per heavy atom. The number of benzene rings is 1. The van der Waals surface area contributed by atoms with E-state index in [9.17, 15) is 0 Å². The first-order valence-corrected chi connectivity index (χ1v) is 8.16. The van der Waals surface area contributed by atoms with Crippen LogP contribution in [0, 0.1) is 0 Å². The fourth-order valence-corrected chi connectivity index (χ4v) is 4.11. The normalized spacial score (nSPS) is 14.8. The zero-order chi connectivity index (χ0) is 14.7. The summed E-state index contributed by atoms with van der Waals surface area (Å²) in [7, 11) is 2.18. The average Bonchev–Trinajstić information content (AvgIpc) is 2.87. The fraction of sp³-hybridized carbons (Fsp3) is 0.250. The largest absolute Gasteiger partial charge is 0.338 e. The third-order valence-electron chi connectivity index (χ3n) is 5.23. The summed E-state index contributed by atoms with van der Waals surface area (Å²) in [4.78, 5) is 0. The minimum Gasteiger partial charge on any atom is -0.338 e. The van der Waals surface area contributed by atoms with Crippen LogP contribution in [0.1, 0.15) is 24.0 Å². The molecule has 22 heavy (non-hydrogen) atoms. The van der Waals surface area contributed by atoms with Crippen molar-refractivity contribution in [2.75, 3.05) is 0 Å². The molecule has 0 fully saturated rings. The minimum atomic E-state index is 1.23. The van der Waals surface area contributed by atoms with Gasteiger partial charge in [0.05, 0.1) is 0 Å². The van der Waals surface area contributed by atoms with Gasteiger partial charge in [0.15, 0.2) is 12.4 Å². The molecule has 3 heterocycles. The number of nitrogens with zero attached hydrogens (tertiary/aromatic N) is 2. The van der Waals surface area contributed by atoms with Crippen molar-refractivity contribution >= 4 is 27.3 Å². The van der Waals surface area contributed by atoms with Crippen LogP contribution in [0.2, 0.25) is 0 Å². The predicted octanol–water partition coefficient (Wildman–Crippen LogP) is 3.95. The van der Waals surface area contributed by atoms with E-state index in [4.69, 9.17) is 0 Å². The molecule has 108 valence electrons. The molecule has 0 unspecified atom stereocenters. The van der Waals surface area contributed by atoms with Crippen molar-refractivity contribution in [2.24, 2.45) is 7.05 Å². The molecular formula is C20H19N2+. The monoisotopic (exact) mass is 287 g/mol. The second-order valence-corrected chi connectivity index (χ2v) is 6.48. The lowest BCUT2D eigenvalue weighted by molar-refractivity contribution is -0.511. The van der Waals surface area contributed by atoms with E-state index in [-0.39, 0.29) is 0 Å². The summed E-state index contributed by atoms with van der Waals surface area (Å²) in [5, 5.41) is 2.70. The van der Waals surface area contributed by atoms with E-state index in [1.54, 1.807) is 5.56 Å². The predicted molar refractivity (Wildman–Crippen MR) is 90.2 cm³/mol. The van der Waals surface area contributed by atoms with Gasteiger partial charge < -0.3 is 4.57 Å². The molecule has 0 saturated heterocycles. The van der Waals surface area contributed by atoms with Crippen molar-refractivity contribution < 1.29 is 4.40 Å². The smallest absolute Gasteiger partial charge is 0.235 e. The number of hydrogen-bond donors (Lipinski definition) is 0. The van der Waals surface area contributed by atoms with Crippen LogP contribution in [-0.4, -0.2) is 4.57 Å². The van der Waals surface area contributed by atoms with Crippen molar-refractivity contribution in [1.29, 1.82) is 0 Å². The van der Waals surface area contributed by atoms with Crippen molar-refractivity contribution in [2.45, 2.75) is 25.7 Å². The van der Waals surface area contributed by atoms with Gasteiger partial charge in [0.25, 0.3) is 0 Å². The van der Waals surface area contributed by atoms with Crippen LogP contribution in [-0.2, 0) is 19.9 Å². The Morgan fingerprint density at radius 1 is 0.955 bits per heavy atom. The van der Waals surface area contributed by atoms with Gasteiger partial charge in [-0.25, -0.2) is 0 Å². The zero-order valence-corrected chi connectivity index (χ0v) is 12.8. The molecule has 1 aromatic carbocycles. The lowest BCUT2D eigenvalue weighted by Gasteiger charge is -2.13. The van der Waals surface area contributed by atoms with Gasteiger partial charge >= 0.3 is 0 Å². The van der Waals surface area contributed by atoms with Crippen LogP contribution >= 0.6 is 0 Å². The van der Waals surface area contributed by atoms with Crippen LogP contribution < -0.4 is 4.40 Å². The van der Waals surface area contributed by atoms with Crippen molar-refractivity contribution in [1.82, 2.24) is 4.57 Å².